The van der Waals surface area contributed by atoms with E-state index in [1.54, 1.807) is 50.6 Å². The molecule has 0 aliphatic rings. The van der Waals surface area contributed by atoms with E-state index < -0.39 is 0 Å². The lowest BCUT2D eigenvalue weighted by atomic mass is 10.1. The fourth-order valence-corrected chi connectivity index (χ4v) is 4.08. The normalized spacial score (nSPS) is 10.7. The van der Waals surface area contributed by atoms with Crippen LogP contribution < -0.4 is 20.3 Å². The minimum Gasteiger partial charge on any atom is -0.508 e. The molecule has 8 heteroatoms. The van der Waals surface area contributed by atoms with Gasteiger partial charge in [0.2, 0.25) is 0 Å². The van der Waals surface area contributed by atoms with Crippen LogP contribution in [0, 0.1) is 0 Å². The summed E-state index contributed by atoms with van der Waals surface area (Å²) in [4.78, 5) is 24.1. The average Bonchev–Trinajstić information content (AvgIpc) is 2.98. The average molecular weight is 537 g/mol. The fraction of sp³-hybridized carbons (Fsp3) is 0.0625. The number of fused-ring (bicyclic) bond motifs is 2. The van der Waals surface area contributed by atoms with E-state index in [4.69, 9.17) is 18.3 Å². The molecule has 0 unspecified atom stereocenters. The van der Waals surface area contributed by atoms with Gasteiger partial charge < -0.3 is 28.5 Å². The molecular formula is C32H24O8. The van der Waals surface area contributed by atoms with E-state index in [9.17, 15) is 19.8 Å². The SMILES string of the molecule is COc1ccc(-c2cc(=O)c3cc(O)ccc3o2)cc1.COc1ccc(-c2cc(=O)c3cc(O)ccc3o2)cc1. The number of phenols is 2. The Morgan fingerprint density at radius 2 is 0.900 bits per heavy atom. The van der Waals surface area contributed by atoms with Crippen LogP contribution in [0.5, 0.6) is 23.0 Å². The number of hydrogen-bond acceptors (Lipinski definition) is 8. The summed E-state index contributed by atoms with van der Waals surface area (Å²) in [6, 6.07) is 26.3. The van der Waals surface area contributed by atoms with Crippen molar-refractivity contribution in [3.63, 3.8) is 0 Å². The topological polar surface area (TPSA) is 119 Å². The van der Waals surface area contributed by atoms with Gasteiger partial charge in [0.1, 0.15) is 45.7 Å². The fourth-order valence-electron chi connectivity index (χ4n) is 4.08. The van der Waals surface area contributed by atoms with E-state index in [0.717, 1.165) is 22.6 Å². The van der Waals surface area contributed by atoms with Crippen molar-refractivity contribution >= 4 is 21.9 Å². The molecule has 40 heavy (non-hydrogen) atoms. The highest BCUT2D eigenvalue weighted by atomic mass is 16.5. The van der Waals surface area contributed by atoms with E-state index in [1.807, 2.05) is 24.3 Å². The van der Waals surface area contributed by atoms with Gasteiger partial charge in [-0.15, -0.1) is 0 Å². The maximum absolute atomic E-state index is 12.1. The maximum atomic E-state index is 12.1. The van der Waals surface area contributed by atoms with Gasteiger partial charge in [0.15, 0.2) is 10.9 Å². The largest absolute Gasteiger partial charge is 0.508 e. The van der Waals surface area contributed by atoms with Crippen LogP contribution in [0.4, 0.5) is 0 Å². The van der Waals surface area contributed by atoms with Crippen molar-refractivity contribution < 1.29 is 28.5 Å². The quantitative estimate of drug-likeness (QED) is 0.268. The highest BCUT2D eigenvalue weighted by Gasteiger charge is 2.09. The molecule has 2 N–H and O–H groups in total. The summed E-state index contributed by atoms with van der Waals surface area (Å²) in [5.41, 5.74) is 2.10. The molecule has 4 aromatic carbocycles. The van der Waals surface area contributed by atoms with Crippen LogP contribution in [-0.4, -0.2) is 24.4 Å². The second-order valence-electron chi connectivity index (χ2n) is 8.77. The van der Waals surface area contributed by atoms with Gasteiger partial charge in [-0.05, 0) is 84.9 Å². The summed E-state index contributed by atoms with van der Waals surface area (Å²) in [5, 5.41) is 19.5. The van der Waals surface area contributed by atoms with Gasteiger partial charge in [0.25, 0.3) is 0 Å². The van der Waals surface area contributed by atoms with Gasteiger partial charge in [-0.25, -0.2) is 0 Å². The molecule has 0 spiro atoms. The Morgan fingerprint density at radius 3 is 1.25 bits per heavy atom. The molecule has 6 rings (SSSR count). The zero-order valence-corrected chi connectivity index (χ0v) is 21.6. The van der Waals surface area contributed by atoms with Crippen LogP contribution in [0.3, 0.4) is 0 Å². The van der Waals surface area contributed by atoms with Crippen LogP contribution in [0.2, 0.25) is 0 Å². The summed E-state index contributed by atoms with van der Waals surface area (Å²) < 4.78 is 21.6. The summed E-state index contributed by atoms with van der Waals surface area (Å²) in [7, 11) is 3.19. The molecule has 0 fully saturated rings. The van der Waals surface area contributed by atoms with Crippen molar-refractivity contribution in [2.24, 2.45) is 0 Å². The van der Waals surface area contributed by atoms with Crippen LogP contribution in [0.1, 0.15) is 0 Å². The lowest BCUT2D eigenvalue weighted by Crippen LogP contribution is -2.00. The van der Waals surface area contributed by atoms with Crippen LogP contribution in [0.15, 0.2) is 115 Å². The van der Waals surface area contributed by atoms with Crippen LogP contribution in [0.25, 0.3) is 44.6 Å². The zero-order chi connectivity index (χ0) is 28.2. The summed E-state index contributed by atoms with van der Waals surface area (Å²) in [6.45, 7) is 0. The number of rotatable bonds is 4. The van der Waals surface area contributed by atoms with Gasteiger partial charge in [-0.2, -0.15) is 0 Å². The van der Waals surface area contributed by atoms with Crippen LogP contribution in [-0.2, 0) is 0 Å². The minimum absolute atomic E-state index is 0.0435. The summed E-state index contributed by atoms with van der Waals surface area (Å²) >= 11 is 0. The van der Waals surface area contributed by atoms with E-state index in [2.05, 4.69) is 0 Å². The van der Waals surface area contributed by atoms with Crippen molar-refractivity contribution in [1.29, 1.82) is 0 Å². The molecule has 2 heterocycles. The smallest absolute Gasteiger partial charge is 0.193 e. The third kappa shape index (κ3) is 5.51. The van der Waals surface area contributed by atoms with Crippen molar-refractivity contribution in [3.8, 4) is 45.6 Å². The molecule has 0 aliphatic heterocycles. The first-order valence-corrected chi connectivity index (χ1v) is 12.2. The van der Waals surface area contributed by atoms with Gasteiger partial charge in [0, 0.05) is 23.3 Å². The third-order valence-corrected chi connectivity index (χ3v) is 6.17. The molecule has 2 aromatic heterocycles. The minimum atomic E-state index is -0.187. The predicted octanol–water partition coefficient (Wildman–Crippen LogP) is 6.35. The van der Waals surface area contributed by atoms with Gasteiger partial charge in [-0.3, -0.25) is 9.59 Å². The molecule has 0 aliphatic carbocycles. The number of ether oxygens (including phenoxy) is 2. The molecular weight excluding hydrogens is 512 g/mol. The Labute approximate surface area is 227 Å². The monoisotopic (exact) mass is 536 g/mol. The van der Waals surface area contributed by atoms with Crippen molar-refractivity contribution in [1.82, 2.24) is 0 Å². The summed E-state index contributed by atoms with van der Waals surface area (Å²) in [5.74, 6) is 2.53. The molecule has 0 atom stereocenters. The molecule has 0 amide bonds. The molecule has 0 saturated carbocycles. The lowest BCUT2D eigenvalue weighted by molar-refractivity contribution is 0.414. The number of aromatic hydroxyl groups is 2. The molecule has 200 valence electrons. The van der Waals surface area contributed by atoms with E-state index >= 15 is 0 Å². The first kappa shape index (κ1) is 26.1. The highest BCUT2D eigenvalue weighted by molar-refractivity contribution is 5.81. The molecule has 0 bridgehead atoms. The Morgan fingerprint density at radius 1 is 0.525 bits per heavy atom. The third-order valence-electron chi connectivity index (χ3n) is 6.17. The van der Waals surface area contributed by atoms with Crippen molar-refractivity contribution in [2.45, 2.75) is 0 Å². The summed E-state index contributed by atoms with van der Waals surface area (Å²) in [6.07, 6.45) is 0. The van der Waals surface area contributed by atoms with Gasteiger partial charge in [-0.1, -0.05) is 0 Å². The number of methoxy groups -OCH3 is 2. The maximum Gasteiger partial charge on any atom is 0.193 e. The van der Waals surface area contributed by atoms with E-state index in [-0.39, 0.29) is 22.4 Å². The van der Waals surface area contributed by atoms with Crippen molar-refractivity contribution in [2.75, 3.05) is 14.2 Å². The van der Waals surface area contributed by atoms with Crippen LogP contribution >= 0.6 is 0 Å². The standard InChI is InChI=1S/2C16H12O4/c2*1-19-12-5-2-10(3-6-12)16-9-14(18)13-8-11(17)4-7-15(13)20-16/h2*2-9,17H,1H3. The lowest BCUT2D eigenvalue weighted by Gasteiger charge is -2.04. The molecule has 0 saturated heterocycles. The predicted molar refractivity (Wildman–Crippen MR) is 152 cm³/mol. The number of phenolic OH excluding ortho intramolecular Hbond substituents is 2. The molecule has 8 nitrogen and oxygen atoms in total. The second kappa shape index (κ2) is 11.1. The Balaban J connectivity index is 0.000000161. The molecule has 6 aromatic rings. The Kier molecular flexibility index (Phi) is 7.24. The zero-order valence-electron chi connectivity index (χ0n) is 21.6. The number of benzene rings is 4. The van der Waals surface area contributed by atoms with Crippen molar-refractivity contribution in [3.05, 3.63) is 118 Å². The first-order valence-electron chi connectivity index (χ1n) is 12.2. The van der Waals surface area contributed by atoms with E-state index in [1.165, 1.54) is 36.4 Å². The Bertz CT molecular complexity index is 1770. The first-order chi connectivity index (χ1) is 19.3. The molecule has 0 radical (unpaired) electrons. The van der Waals surface area contributed by atoms with Gasteiger partial charge in [0.05, 0.1) is 25.0 Å². The van der Waals surface area contributed by atoms with E-state index in [0.29, 0.717) is 33.5 Å². The number of hydrogen-bond donors (Lipinski definition) is 2. The highest BCUT2D eigenvalue weighted by Crippen LogP contribution is 2.27. The van der Waals surface area contributed by atoms with Gasteiger partial charge >= 0.3 is 0 Å². The second-order valence-corrected chi connectivity index (χ2v) is 8.77. The Hall–Kier alpha value is -5.50.